The van der Waals surface area contributed by atoms with E-state index < -0.39 is 17.3 Å². The molecular weight excluding hydrogens is 245 g/mol. The second-order valence-corrected chi connectivity index (χ2v) is 4.39. The summed E-state index contributed by atoms with van der Waals surface area (Å²) < 4.78 is 42.5. The standard InChI is InChI=1S/C13H17F3O2/c1-3-12(17,9-18-2)8-10-5-4-6-11(7-10)13(14,15)16/h4-7,17H,3,8-9H2,1-2H3. The Labute approximate surface area is 104 Å². The molecule has 0 heterocycles. The van der Waals surface area contributed by atoms with E-state index in [4.69, 9.17) is 4.74 Å². The maximum atomic E-state index is 12.5. The fraction of sp³-hybridized carbons (Fsp3) is 0.538. The molecule has 1 aromatic rings. The highest BCUT2D eigenvalue weighted by Gasteiger charge is 2.31. The van der Waals surface area contributed by atoms with Crippen LogP contribution >= 0.6 is 0 Å². The third kappa shape index (κ3) is 3.99. The summed E-state index contributed by atoms with van der Waals surface area (Å²) in [4.78, 5) is 0. The molecule has 0 aliphatic carbocycles. The number of hydrogen-bond acceptors (Lipinski definition) is 2. The molecule has 1 atom stereocenters. The van der Waals surface area contributed by atoms with Crippen LogP contribution in [0.1, 0.15) is 24.5 Å². The van der Waals surface area contributed by atoms with Gasteiger partial charge in [0, 0.05) is 13.5 Å². The van der Waals surface area contributed by atoms with Gasteiger partial charge >= 0.3 is 6.18 Å². The van der Waals surface area contributed by atoms with Crippen molar-refractivity contribution in [3.8, 4) is 0 Å². The van der Waals surface area contributed by atoms with Crippen LogP contribution in [0.25, 0.3) is 0 Å². The summed E-state index contributed by atoms with van der Waals surface area (Å²) in [7, 11) is 1.45. The fourth-order valence-corrected chi connectivity index (χ4v) is 1.78. The van der Waals surface area contributed by atoms with E-state index in [0.29, 0.717) is 12.0 Å². The van der Waals surface area contributed by atoms with Crippen molar-refractivity contribution in [3.05, 3.63) is 35.4 Å². The van der Waals surface area contributed by atoms with Crippen LogP contribution in [-0.4, -0.2) is 24.4 Å². The van der Waals surface area contributed by atoms with Crippen LogP contribution in [-0.2, 0) is 17.3 Å². The summed E-state index contributed by atoms with van der Waals surface area (Å²) in [6, 6.07) is 5.01. The van der Waals surface area contributed by atoms with Crippen molar-refractivity contribution in [1.29, 1.82) is 0 Å². The van der Waals surface area contributed by atoms with E-state index in [2.05, 4.69) is 0 Å². The number of ether oxygens (including phenoxy) is 1. The highest BCUT2D eigenvalue weighted by Crippen LogP contribution is 2.30. The number of methoxy groups -OCH3 is 1. The summed E-state index contributed by atoms with van der Waals surface area (Å²) >= 11 is 0. The maximum Gasteiger partial charge on any atom is 0.416 e. The molecule has 0 fully saturated rings. The van der Waals surface area contributed by atoms with Crippen molar-refractivity contribution in [3.63, 3.8) is 0 Å². The van der Waals surface area contributed by atoms with Crippen molar-refractivity contribution in [1.82, 2.24) is 0 Å². The monoisotopic (exact) mass is 262 g/mol. The fourth-order valence-electron chi connectivity index (χ4n) is 1.78. The van der Waals surface area contributed by atoms with E-state index in [1.165, 1.54) is 13.2 Å². The zero-order chi connectivity index (χ0) is 13.8. The first kappa shape index (κ1) is 15.0. The van der Waals surface area contributed by atoms with Gasteiger partial charge in [0.15, 0.2) is 0 Å². The summed E-state index contributed by atoms with van der Waals surface area (Å²) in [6.07, 6.45) is -3.81. The molecule has 18 heavy (non-hydrogen) atoms. The van der Waals surface area contributed by atoms with Crippen LogP contribution in [0.2, 0.25) is 0 Å². The van der Waals surface area contributed by atoms with Gasteiger partial charge in [0.25, 0.3) is 0 Å². The Kier molecular flexibility index (Phi) is 4.76. The molecule has 0 saturated heterocycles. The number of benzene rings is 1. The Balaban J connectivity index is 2.91. The van der Waals surface area contributed by atoms with Gasteiger partial charge in [-0.25, -0.2) is 0 Å². The van der Waals surface area contributed by atoms with E-state index in [-0.39, 0.29) is 13.0 Å². The van der Waals surface area contributed by atoms with Crippen LogP contribution in [0.3, 0.4) is 0 Å². The lowest BCUT2D eigenvalue weighted by molar-refractivity contribution is -0.137. The molecule has 0 spiro atoms. The van der Waals surface area contributed by atoms with Gasteiger partial charge in [0.05, 0.1) is 17.8 Å². The lowest BCUT2D eigenvalue weighted by Crippen LogP contribution is -2.35. The Morgan fingerprint density at radius 2 is 1.94 bits per heavy atom. The molecule has 102 valence electrons. The highest BCUT2D eigenvalue weighted by molar-refractivity contribution is 5.26. The van der Waals surface area contributed by atoms with Crippen molar-refractivity contribution >= 4 is 0 Å². The second-order valence-electron chi connectivity index (χ2n) is 4.39. The minimum absolute atomic E-state index is 0.0970. The van der Waals surface area contributed by atoms with Crippen LogP contribution in [0.15, 0.2) is 24.3 Å². The van der Waals surface area contributed by atoms with Crippen LogP contribution in [0, 0.1) is 0 Å². The zero-order valence-electron chi connectivity index (χ0n) is 10.4. The van der Waals surface area contributed by atoms with E-state index in [1.807, 2.05) is 0 Å². The lowest BCUT2D eigenvalue weighted by Gasteiger charge is -2.26. The van der Waals surface area contributed by atoms with Crippen LogP contribution in [0.5, 0.6) is 0 Å². The SMILES string of the molecule is CCC(O)(COC)Cc1cccc(C(F)(F)F)c1. The smallest absolute Gasteiger partial charge is 0.387 e. The first-order valence-corrected chi connectivity index (χ1v) is 5.68. The molecule has 0 aliphatic heterocycles. The summed E-state index contributed by atoms with van der Waals surface area (Å²) in [5.41, 5.74) is -1.37. The topological polar surface area (TPSA) is 29.5 Å². The van der Waals surface area contributed by atoms with E-state index in [9.17, 15) is 18.3 Å². The molecule has 0 radical (unpaired) electrons. The molecule has 0 bridgehead atoms. The van der Waals surface area contributed by atoms with E-state index in [1.54, 1.807) is 13.0 Å². The van der Waals surface area contributed by atoms with Crippen molar-refractivity contribution in [2.24, 2.45) is 0 Å². The van der Waals surface area contributed by atoms with Crippen LogP contribution < -0.4 is 0 Å². The Morgan fingerprint density at radius 1 is 1.28 bits per heavy atom. The predicted octanol–water partition coefficient (Wildman–Crippen LogP) is 3.04. The normalized spacial score (nSPS) is 15.4. The van der Waals surface area contributed by atoms with E-state index in [0.717, 1.165) is 12.1 Å². The van der Waals surface area contributed by atoms with Gasteiger partial charge in [-0.3, -0.25) is 0 Å². The number of halogens is 3. The molecule has 1 N–H and O–H groups in total. The zero-order valence-corrected chi connectivity index (χ0v) is 10.4. The molecule has 1 aromatic carbocycles. The first-order chi connectivity index (χ1) is 8.30. The number of rotatable bonds is 5. The molecule has 2 nitrogen and oxygen atoms in total. The quantitative estimate of drug-likeness (QED) is 0.883. The number of hydrogen-bond donors (Lipinski definition) is 1. The summed E-state index contributed by atoms with van der Waals surface area (Å²) in [5, 5.41) is 10.2. The van der Waals surface area contributed by atoms with Gasteiger partial charge in [-0.2, -0.15) is 13.2 Å². The average Bonchev–Trinajstić information content (AvgIpc) is 2.28. The molecule has 0 aliphatic rings. The van der Waals surface area contributed by atoms with Gasteiger partial charge in [-0.1, -0.05) is 25.1 Å². The number of aliphatic hydroxyl groups is 1. The van der Waals surface area contributed by atoms with Crippen LogP contribution in [0.4, 0.5) is 13.2 Å². The van der Waals surface area contributed by atoms with Gasteiger partial charge in [-0.05, 0) is 18.1 Å². The highest BCUT2D eigenvalue weighted by atomic mass is 19.4. The summed E-state index contributed by atoms with van der Waals surface area (Å²) in [6.45, 7) is 1.87. The van der Waals surface area contributed by atoms with Gasteiger partial charge in [0.2, 0.25) is 0 Å². The maximum absolute atomic E-state index is 12.5. The predicted molar refractivity (Wildman–Crippen MR) is 62.3 cm³/mol. The van der Waals surface area contributed by atoms with Crippen molar-refractivity contribution < 1.29 is 23.0 Å². The Morgan fingerprint density at radius 3 is 2.44 bits per heavy atom. The molecular formula is C13H17F3O2. The molecule has 1 unspecified atom stereocenters. The van der Waals surface area contributed by atoms with Crippen molar-refractivity contribution in [2.75, 3.05) is 13.7 Å². The molecule has 0 aromatic heterocycles. The third-order valence-electron chi connectivity index (χ3n) is 2.86. The van der Waals surface area contributed by atoms with E-state index >= 15 is 0 Å². The van der Waals surface area contributed by atoms with Gasteiger partial charge in [-0.15, -0.1) is 0 Å². The average molecular weight is 262 g/mol. The number of alkyl halides is 3. The summed E-state index contributed by atoms with van der Waals surface area (Å²) in [5.74, 6) is 0. The van der Waals surface area contributed by atoms with Gasteiger partial charge < -0.3 is 9.84 Å². The molecule has 0 saturated carbocycles. The lowest BCUT2D eigenvalue weighted by atomic mass is 9.92. The first-order valence-electron chi connectivity index (χ1n) is 5.68. The van der Waals surface area contributed by atoms with Crippen molar-refractivity contribution in [2.45, 2.75) is 31.5 Å². The Hall–Kier alpha value is -1.07. The molecule has 0 amide bonds. The third-order valence-corrected chi connectivity index (χ3v) is 2.86. The molecule has 1 rings (SSSR count). The largest absolute Gasteiger partial charge is 0.416 e. The second kappa shape index (κ2) is 5.71. The Bertz CT molecular complexity index is 390. The minimum Gasteiger partial charge on any atom is -0.387 e. The minimum atomic E-state index is -4.36. The van der Waals surface area contributed by atoms with Gasteiger partial charge in [0.1, 0.15) is 0 Å². The molecule has 5 heteroatoms.